The summed E-state index contributed by atoms with van der Waals surface area (Å²) in [5.41, 5.74) is 7.64. The minimum Gasteiger partial charge on any atom is -0.387 e. The molecule has 0 spiro atoms. The molecule has 1 aliphatic rings. The number of anilines is 1. The number of hydrogen-bond acceptors (Lipinski definition) is 4. The molecule has 3 N–H and O–H groups in total. The summed E-state index contributed by atoms with van der Waals surface area (Å²) >= 11 is 0. The average molecular weight is 258 g/mol. The number of piperidine rings is 1. The monoisotopic (exact) mass is 258 g/mol. The summed E-state index contributed by atoms with van der Waals surface area (Å²) in [5.74, 6) is 1.32. The number of rotatable bonds is 2. The summed E-state index contributed by atoms with van der Waals surface area (Å²) < 4.78 is 1.99. The number of pyridine rings is 1. The van der Waals surface area contributed by atoms with E-state index in [0.29, 0.717) is 0 Å². The summed E-state index contributed by atoms with van der Waals surface area (Å²) in [5, 5.41) is 7.62. The molecule has 1 fully saturated rings. The zero-order chi connectivity index (χ0) is 13.4. The summed E-state index contributed by atoms with van der Waals surface area (Å²) in [6.07, 6.45) is 5.65. The highest BCUT2D eigenvalue weighted by molar-refractivity contribution is 5.87. The van der Waals surface area contributed by atoms with Crippen LogP contribution in [0.1, 0.15) is 12.8 Å². The van der Waals surface area contributed by atoms with Gasteiger partial charge in [-0.25, -0.2) is 9.97 Å². The van der Waals surface area contributed by atoms with Crippen molar-refractivity contribution in [1.29, 1.82) is 5.41 Å². The molecule has 0 aliphatic carbocycles. The van der Waals surface area contributed by atoms with Gasteiger partial charge in [-0.2, -0.15) is 0 Å². The van der Waals surface area contributed by atoms with Crippen molar-refractivity contribution in [2.75, 3.05) is 18.0 Å². The van der Waals surface area contributed by atoms with Crippen molar-refractivity contribution >= 4 is 22.7 Å². The highest BCUT2D eigenvalue weighted by Gasteiger charge is 2.24. The van der Waals surface area contributed by atoms with E-state index in [1.54, 1.807) is 0 Å². The van der Waals surface area contributed by atoms with Gasteiger partial charge in [0.15, 0.2) is 5.82 Å². The Morgan fingerprint density at radius 1 is 1.47 bits per heavy atom. The fraction of sp³-hybridized carbons (Fsp3) is 0.462. The molecule has 1 atom stereocenters. The molecule has 2 aromatic heterocycles. The molecule has 0 bridgehead atoms. The number of aromatic nitrogens is 3. The predicted molar refractivity (Wildman–Crippen MR) is 75.4 cm³/mol. The molecule has 1 saturated heterocycles. The van der Waals surface area contributed by atoms with E-state index in [9.17, 15) is 0 Å². The van der Waals surface area contributed by atoms with Crippen LogP contribution in [-0.4, -0.2) is 33.5 Å². The van der Waals surface area contributed by atoms with Crippen molar-refractivity contribution in [2.45, 2.75) is 12.8 Å². The van der Waals surface area contributed by atoms with Gasteiger partial charge in [-0.3, -0.25) is 5.41 Å². The van der Waals surface area contributed by atoms with Crippen LogP contribution in [-0.2, 0) is 7.05 Å². The SMILES string of the molecule is Cn1cnc2c(N3CCCC(C(=N)N)C3)nccc21. The smallest absolute Gasteiger partial charge is 0.156 e. The molecule has 6 nitrogen and oxygen atoms in total. The number of hydrogen-bond donors (Lipinski definition) is 2. The third kappa shape index (κ3) is 2.03. The van der Waals surface area contributed by atoms with Gasteiger partial charge in [0.2, 0.25) is 0 Å². The van der Waals surface area contributed by atoms with Crippen LogP contribution < -0.4 is 10.6 Å². The highest BCUT2D eigenvalue weighted by Crippen LogP contribution is 2.27. The summed E-state index contributed by atoms with van der Waals surface area (Å²) in [6.45, 7) is 1.71. The van der Waals surface area contributed by atoms with E-state index in [1.165, 1.54) is 0 Å². The van der Waals surface area contributed by atoms with Crippen LogP contribution in [0.5, 0.6) is 0 Å². The number of nitrogens with one attached hydrogen (secondary N) is 1. The standard InChI is InChI=1S/C13H18N6/c1-18-8-17-11-10(18)4-5-16-13(11)19-6-2-3-9(7-19)12(14)15/h4-5,8-9H,2-3,6-7H2,1H3,(H3,14,15). The molecule has 0 aromatic carbocycles. The first kappa shape index (κ1) is 12.0. The molecule has 1 unspecified atom stereocenters. The second-order valence-corrected chi connectivity index (χ2v) is 5.10. The van der Waals surface area contributed by atoms with Crippen molar-refractivity contribution in [2.24, 2.45) is 18.7 Å². The Morgan fingerprint density at radius 3 is 3.11 bits per heavy atom. The van der Waals surface area contributed by atoms with Gasteiger partial charge < -0.3 is 15.2 Å². The number of nitrogens with two attached hydrogens (primary N) is 1. The Balaban J connectivity index is 1.97. The Bertz CT molecular complexity index is 617. The van der Waals surface area contributed by atoms with Gasteiger partial charge >= 0.3 is 0 Å². The molecule has 0 amide bonds. The maximum atomic E-state index is 7.62. The Morgan fingerprint density at radius 2 is 2.32 bits per heavy atom. The fourth-order valence-electron chi connectivity index (χ4n) is 2.70. The Hall–Kier alpha value is -2.11. The van der Waals surface area contributed by atoms with E-state index in [4.69, 9.17) is 11.1 Å². The van der Waals surface area contributed by atoms with Crippen LogP contribution in [0.3, 0.4) is 0 Å². The van der Waals surface area contributed by atoms with Crippen LogP contribution in [0.4, 0.5) is 5.82 Å². The lowest BCUT2D eigenvalue weighted by molar-refractivity contribution is 0.501. The van der Waals surface area contributed by atoms with Gasteiger partial charge in [0.1, 0.15) is 5.52 Å². The molecular formula is C13H18N6. The van der Waals surface area contributed by atoms with E-state index in [2.05, 4.69) is 14.9 Å². The van der Waals surface area contributed by atoms with Gasteiger partial charge in [-0.15, -0.1) is 0 Å². The van der Waals surface area contributed by atoms with Gasteiger partial charge in [-0.05, 0) is 18.9 Å². The summed E-state index contributed by atoms with van der Waals surface area (Å²) in [6, 6.07) is 1.97. The Kier molecular flexibility index (Phi) is 2.85. The first-order valence-electron chi connectivity index (χ1n) is 6.51. The average Bonchev–Trinajstić information content (AvgIpc) is 2.81. The highest BCUT2D eigenvalue weighted by atomic mass is 15.2. The topological polar surface area (TPSA) is 83.8 Å². The molecule has 1 aliphatic heterocycles. The lowest BCUT2D eigenvalue weighted by Crippen LogP contribution is -2.41. The minimum absolute atomic E-state index is 0.134. The van der Waals surface area contributed by atoms with Crippen LogP contribution in [0.25, 0.3) is 11.0 Å². The lowest BCUT2D eigenvalue weighted by Gasteiger charge is -2.33. The van der Waals surface area contributed by atoms with E-state index >= 15 is 0 Å². The second-order valence-electron chi connectivity index (χ2n) is 5.10. The third-order valence-corrected chi connectivity index (χ3v) is 3.78. The van der Waals surface area contributed by atoms with Crippen molar-refractivity contribution in [3.05, 3.63) is 18.6 Å². The first-order valence-corrected chi connectivity index (χ1v) is 6.51. The molecule has 0 radical (unpaired) electrons. The zero-order valence-corrected chi connectivity index (χ0v) is 11.0. The predicted octanol–water partition coefficient (Wildman–Crippen LogP) is 1.12. The third-order valence-electron chi connectivity index (χ3n) is 3.78. The Labute approximate surface area is 111 Å². The molecule has 6 heteroatoms. The quantitative estimate of drug-likeness (QED) is 0.624. The zero-order valence-electron chi connectivity index (χ0n) is 11.0. The molecule has 19 heavy (non-hydrogen) atoms. The fourth-order valence-corrected chi connectivity index (χ4v) is 2.70. The minimum atomic E-state index is 0.134. The van der Waals surface area contributed by atoms with E-state index in [0.717, 1.165) is 42.8 Å². The first-order chi connectivity index (χ1) is 9.16. The summed E-state index contributed by atoms with van der Waals surface area (Å²) in [4.78, 5) is 11.1. The van der Waals surface area contributed by atoms with E-state index < -0.39 is 0 Å². The second kappa shape index (κ2) is 4.53. The van der Waals surface area contributed by atoms with Crippen LogP contribution in [0, 0.1) is 11.3 Å². The maximum Gasteiger partial charge on any atom is 0.156 e. The van der Waals surface area contributed by atoms with Crippen molar-refractivity contribution < 1.29 is 0 Å². The molecule has 100 valence electrons. The van der Waals surface area contributed by atoms with E-state index in [-0.39, 0.29) is 11.8 Å². The lowest BCUT2D eigenvalue weighted by atomic mass is 9.97. The van der Waals surface area contributed by atoms with Crippen LogP contribution in [0.15, 0.2) is 18.6 Å². The number of nitrogens with zero attached hydrogens (tertiary/aromatic N) is 4. The molecule has 3 heterocycles. The number of aryl methyl sites for hydroxylation is 1. The van der Waals surface area contributed by atoms with Gasteiger partial charge in [0.25, 0.3) is 0 Å². The molecule has 3 rings (SSSR count). The normalized spacial score (nSPS) is 19.8. The largest absolute Gasteiger partial charge is 0.387 e. The van der Waals surface area contributed by atoms with E-state index in [1.807, 2.05) is 30.2 Å². The van der Waals surface area contributed by atoms with Crippen molar-refractivity contribution in [3.8, 4) is 0 Å². The number of amidine groups is 1. The van der Waals surface area contributed by atoms with Gasteiger partial charge in [0.05, 0.1) is 17.7 Å². The molecule has 2 aromatic rings. The van der Waals surface area contributed by atoms with Crippen molar-refractivity contribution in [3.63, 3.8) is 0 Å². The number of fused-ring (bicyclic) bond motifs is 1. The number of imidazole rings is 1. The maximum absolute atomic E-state index is 7.62. The van der Waals surface area contributed by atoms with Crippen LogP contribution >= 0.6 is 0 Å². The molecular weight excluding hydrogens is 240 g/mol. The van der Waals surface area contributed by atoms with Crippen LogP contribution in [0.2, 0.25) is 0 Å². The molecule has 0 saturated carbocycles. The van der Waals surface area contributed by atoms with Gasteiger partial charge in [0, 0.05) is 32.3 Å². The van der Waals surface area contributed by atoms with Crippen molar-refractivity contribution in [1.82, 2.24) is 14.5 Å². The summed E-state index contributed by atoms with van der Waals surface area (Å²) in [7, 11) is 1.98. The van der Waals surface area contributed by atoms with Gasteiger partial charge in [-0.1, -0.05) is 0 Å².